The van der Waals surface area contributed by atoms with Crippen molar-refractivity contribution < 1.29 is 9.13 Å². The zero-order chi connectivity index (χ0) is 21.2. The molecule has 0 unspecified atom stereocenters. The summed E-state index contributed by atoms with van der Waals surface area (Å²) in [5.74, 6) is 0.743. The molecule has 1 aliphatic carbocycles. The van der Waals surface area contributed by atoms with Gasteiger partial charge in [0.15, 0.2) is 5.83 Å². The molecule has 2 fully saturated rings. The lowest BCUT2D eigenvalue weighted by Crippen LogP contribution is -2.53. The van der Waals surface area contributed by atoms with Gasteiger partial charge in [-0.2, -0.15) is 0 Å². The molecule has 2 aromatic heterocycles. The predicted octanol–water partition coefficient (Wildman–Crippen LogP) is 2.44. The molecule has 0 radical (unpaired) electrons. The maximum absolute atomic E-state index is 14.6. The zero-order valence-electron chi connectivity index (χ0n) is 17.3. The van der Waals surface area contributed by atoms with Crippen LogP contribution in [-0.2, 0) is 4.74 Å². The molecule has 2 atom stereocenters. The van der Waals surface area contributed by atoms with E-state index in [1.54, 1.807) is 6.20 Å². The summed E-state index contributed by atoms with van der Waals surface area (Å²) in [6, 6.07) is 2.41. The average molecular weight is 448 g/mol. The minimum Gasteiger partial charge on any atom is -0.379 e. The van der Waals surface area contributed by atoms with Crippen molar-refractivity contribution in [2.45, 2.75) is 37.8 Å². The number of hydrogen-bond acceptors (Lipinski definition) is 7. The second-order valence-electron chi connectivity index (χ2n) is 8.26. The van der Waals surface area contributed by atoms with E-state index in [1.165, 1.54) is 0 Å². The lowest BCUT2D eigenvalue weighted by atomic mass is 9.91. The Morgan fingerprint density at radius 3 is 2.94 bits per heavy atom. The van der Waals surface area contributed by atoms with Crippen LogP contribution in [0.2, 0.25) is 5.02 Å². The van der Waals surface area contributed by atoms with Gasteiger partial charge in [0.1, 0.15) is 17.3 Å². The van der Waals surface area contributed by atoms with Gasteiger partial charge in [-0.3, -0.25) is 10.4 Å². The molecule has 0 spiro atoms. The maximum Gasteiger partial charge on any atom is 0.162 e. The van der Waals surface area contributed by atoms with Crippen molar-refractivity contribution in [1.82, 2.24) is 31.0 Å². The van der Waals surface area contributed by atoms with Crippen molar-refractivity contribution in [2.24, 2.45) is 4.99 Å². The van der Waals surface area contributed by atoms with Gasteiger partial charge in [0.25, 0.3) is 0 Å². The van der Waals surface area contributed by atoms with Crippen LogP contribution < -0.4 is 16.1 Å². The first-order valence-electron chi connectivity index (χ1n) is 10.8. The highest BCUT2D eigenvalue weighted by Crippen LogP contribution is 2.24. The molecule has 0 bridgehead atoms. The molecule has 3 aliphatic rings. The highest BCUT2D eigenvalue weighted by atomic mass is 35.5. The Morgan fingerprint density at radius 2 is 2.06 bits per heavy atom. The van der Waals surface area contributed by atoms with E-state index in [0.29, 0.717) is 22.7 Å². The van der Waals surface area contributed by atoms with Crippen molar-refractivity contribution in [3.05, 3.63) is 40.7 Å². The van der Waals surface area contributed by atoms with Crippen LogP contribution in [0.15, 0.2) is 35.1 Å². The number of hydrazine groups is 1. The Hall–Kier alpha value is -2.20. The van der Waals surface area contributed by atoms with Crippen LogP contribution in [0.1, 0.15) is 31.2 Å². The Bertz CT molecular complexity index is 1000. The number of nitrogens with zero attached hydrogens (tertiary/aromatic N) is 3. The molecule has 1 saturated heterocycles. The second kappa shape index (κ2) is 9.12. The summed E-state index contributed by atoms with van der Waals surface area (Å²) in [6.07, 6.45) is 7.59. The number of aromatic amines is 1. The van der Waals surface area contributed by atoms with Crippen LogP contribution >= 0.6 is 11.6 Å². The van der Waals surface area contributed by atoms with E-state index in [1.807, 2.05) is 12.3 Å². The number of hydrogen-bond donors (Lipinski definition) is 4. The summed E-state index contributed by atoms with van der Waals surface area (Å²) < 4.78 is 20.1. The minimum absolute atomic E-state index is 0.00745. The molecule has 10 heteroatoms. The SMILES string of the molecule is FC1=C(N[C@H]2CCC[C@@H](NN3CCOCC3)C2)NC(c2c[nH]c3ncc(Cl)cc23)=NC1. The van der Waals surface area contributed by atoms with E-state index < -0.39 is 0 Å². The fourth-order valence-electron chi connectivity index (χ4n) is 4.49. The van der Waals surface area contributed by atoms with Gasteiger partial charge in [-0.25, -0.2) is 14.4 Å². The summed E-state index contributed by atoms with van der Waals surface area (Å²) in [6.45, 7) is 3.34. The molecule has 1 saturated carbocycles. The van der Waals surface area contributed by atoms with Crippen molar-refractivity contribution in [3.8, 4) is 0 Å². The van der Waals surface area contributed by atoms with Gasteiger partial charge in [-0.1, -0.05) is 11.6 Å². The Balaban J connectivity index is 1.24. The van der Waals surface area contributed by atoms with Crippen LogP contribution in [0.3, 0.4) is 0 Å². The van der Waals surface area contributed by atoms with E-state index in [4.69, 9.17) is 16.3 Å². The number of nitrogens with one attached hydrogen (secondary N) is 4. The molecule has 0 amide bonds. The summed E-state index contributed by atoms with van der Waals surface area (Å²) in [4.78, 5) is 11.8. The molecule has 5 rings (SSSR count). The van der Waals surface area contributed by atoms with Crippen molar-refractivity contribution in [3.63, 3.8) is 0 Å². The number of aromatic nitrogens is 2. The van der Waals surface area contributed by atoms with Crippen molar-refractivity contribution in [1.29, 1.82) is 0 Å². The van der Waals surface area contributed by atoms with Crippen LogP contribution in [0.4, 0.5) is 4.39 Å². The van der Waals surface area contributed by atoms with Crippen LogP contribution in [0, 0.1) is 0 Å². The molecular weight excluding hydrogens is 421 g/mol. The zero-order valence-corrected chi connectivity index (χ0v) is 18.0. The standard InChI is InChI=1S/C21H27ClFN7O/c22-13-8-16-17(11-25-19(16)24-10-13)20-26-12-18(23)21(28-20)27-14-2-1-3-15(9-14)29-30-4-6-31-7-5-30/h8,10-11,14-15,27,29H,1-7,9,12H2,(H,24,25)(H,26,28)/t14-,15+/m0/s1. The molecule has 8 nitrogen and oxygen atoms in total. The largest absolute Gasteiger partial charge is 0.379 e. The van der Waals surface area contributed by atoms with Crippen LogP contribution in [0.25, 0.3) is 11.0 Å². The number of pyridine rings is 1. The molecule has 2 aliphatic heterocycles. The third kappa shape index (κ3) is 4.69. The molecule has 2 aromatic rings. The van der Waals surface area contributed by atoms with E-state index in [0.717, 1.165) is 68.6 Å². The van der Waals surface area contributed by atoms with E-state index in [9.17, 15) is 4.39 Å². The molecule has 4 N–H and O–H groups in total. The predicted molar refractivity (Wildman–Crippen MR) is 118 cm³/mol. The van der Waals surface area contributed by atoms with Crippen molar-refractivity contribution >= 4 is 28.5 Å². The summed E-state index contributed by atoms with van der Waals surface area (Å²) in [7, 11) is 0. The van der Waals surface area contributed by atoms with E-state index in [-0.39, 0.29) is 18.4 Å². The fourth-order valence-corrected chi connectivity index (χ4v) is 4.64. The summed E-state index contributed by atoms with van der Waals surface area (Å²) in [5, 5.41) is 10.2. The van der Waals surface area contributed by atoms with E-state index >= 15 is 0 Å². The van der Waals surface area contributed by atoms with Crippen LogP contribution in [0.5, 0.6) is 0 Å². The van der Waals surface area contributed by atoms with Crippen molar-refractivity contribution in [2.75, 3.05) is 32.8 Å². The molecule has 31 heavy (non-hydrogen) atoms. The number of H-pyrrole nitrogens is 1. The Kier molecular flexibility index (Phi) is 6.08. The van der Waals surface area contributed by atoms with Gasteiger partial charge >= 0.3 is 0 Å². The van der Waals surface area contributed by atoms with Gasteiger partial charge < -0.3 is 20.4 Å². The number of amidine groups is 1. The summed E-state index contributed by atoms with van der Waals surface area (Å²) in [5.41, 5.74) is 5.17. The maximum atomic E-state index is 14.6. The smallest absolute Gasteiger partial charge is 0.162 e. The van der Waals surface area contributed by atoms with Gasteiger partial charge in [0.05, 0.1) is 24.8 Å². The average Bonchev–Trinajstić information content (AvgIpc) is 3.19. The number of halogens is 2. The van der Waals surface area contributed by atoms with Gasteiger partial charge in [-0.15, -0.1) is 0 Å². The topological polar surface area (TPSA) is 89.6 Å². The number of fused-ring (bicyclic) bond motifs is 1. The van der Waals surface area contributed by atoms with Gasteiger partial charge in [0.2, 0.25) is 0 Å². The second-order valence-corrected chi connectivity index (χ2v) is 8.69. The first-order valence-corrected chi connectivity index (χ1v) is 11.2. The third-order valence-electron chi connectivity index (χ3n) is 6.04. The quantitative estimate of drug-likeness (QED) is 0.563. The lowest BCUT2D eigenvalue weighted by Gasteiger charge is -2.37. The number of rotatable bonds is 5. The Labute approximate surface area is 185 Å². The van der Waals surface area contributed by atoms with E-state index in [2.05, 4.69) is 36.0 Å². The first kappa shape index (κ1) is 20.7. The minimum atomic E-state index is -0.275. The Morgan fingerprint density at radius 1 is 1.23 bits per heavy atom. The number of aliphatic imine (C=N–C) groups is 1. The highest BCUT2D eigenvalue weighted by Gasteiger charge is 2.27. The lowest BCUT2D eigenvalue weighted by molar-refractivity contribution is -0.000736. The molecule has 0 aromatic carbocycles. The van der Waals surface area contributed by atoms with Crippen LogP contribution in [-0.4, -0.2) is 65.7 Å². The van der Waals surface area contributed by atoms with Gasteiger partial charge in [0, 0.05) is 48.5 Å². The first-order chi connectivity index (χ1) is 15.2. The number of ether oxygens (including phenoxy) is 1. The number of morpholine rings is 1. The van der Waals surface area contributed by atoms with Gasteiger partial charge in [-0.05, 0) is 31.7 Å². The monoisotopic (exact) mass is 447 g/mol. The molecular formula is C21H27ClFN7O. The molecule has 4 heterocycles. The molecule has 166 valence electrons. The normalized spacial score (nSPS) is 25.4. The highest BCUT2D eigenvalue weighted by molar-refractivity contribution is 6.31. The third-order valence-corrected chi connectivity index (χ3v) is 6.25. The fraction of sp³-hybridized carbons (Fsp3) is 0.524. The summed E-state index contributed by atoms with van der Waals surface area (Å²) >= 11 is 6.12.